The summed E-state index contributed by atoms with van der Waals surface area (Å²) in [5.41, 5.74) is 0.505. The topological polar surface area (TPSA) is 104 Å². The molecular formula is C14H21N3O4. The second-order valence-corrected chi connectivity index (χ2v) is 4.76. The molecule has 1 rings (SSSR count). The Balaban J connectivity index is 2.94. The van der Waals surface area contributed by atoms with Crippen molar-refractivity contribution in [3.05, 3.63) is 33.9 Å². The number of benzene rings is 1. The first-order chi connectivity index (χ1) is 9.99. The van der Waals surface area contributed by atoms with Crippen LogP contribution in [0, 0.1) is 10.1 Å². The minimum absolute atomic E-state index is 0.00818. The highest BCUT2D eigenvalue weighted by atomic mass is 16.6. The molecule has 0 aromatic heterocycles. The standard InChI is InChI=1S/C14H21N3O4/c1-3-15-14(19)11-6-7-12(13(9-11)17(20)21)16-10(2)5-4-8-18/h6-7,9-10,16,18H,3-5,8H2,1-2H3,(H,15,19). The second kappa shape index (κ2) is 8.21. The summed E-state index contributed by atoms with van der Waals surface area (Å²) in [6, 6.07) is 4.36. The van der Waals surface area contributed by atoms with Gasteiger partial charge >= 0.3 is 0 Å². The van der Waals surface area contributed by atoms with E-state index in [4.69, 9.17) is 5.11 Å². The van der Waals surface area contributed by atoms with Crippen molar-refractivity contribution in [2.24, 2.45) is 0 Å². The summed E-state index contributed by atoms with van der Waals surface area (Å²) in [6.45, 7) is 4.22. The van der Waals surface area contributed by atoms with Gasteiger partial charge in [-0.25, -0.2) is 0 Å². The van der Waals surface area contributed by atoms with Crippen molar-refractivity contribution < 1.29 is 14.8 Å². The largest absolute Gasteiger partial charge is 0.396 e. The Morgan fingerprint density at radius 2 is 2.19 bits per heavy atom. The third-order valence-electron chi connectivity index (χ3n) is 2.99. The number of anilines is 1. The minimum atomic E-state index is -0.510. The Morgan fingerprint density at radius 3 is 2.76 bits per heavy atom. The van der Waals surface area contributed by atoms with Gasteiger partial charge in [-0.2, -0.15) is 0 Å². The molecule has 7 nitrogen and oxygen atoms in total. The van der Waals surface area contributed by atoms with Crippen LogP contribution >= 0.6 is 0 Å². The molecule has 0 bridgehead atoms. The molecule has 0 saturated heterocycles. The van der Waals surface area contributed by atoms with Crippen molar-refractivity contribution in [3.8, 4) is 0 Å². The summed E-state index contributed by atoms with van der Waals surface area (Å²) < 4.78 is 0. The lowest BCUT2D eigenvalue weighted by molar-refractivity contribution is -0.384. The van der Waals surface area contributed by atoms with Gasteiger partial charge < -0.3 is 15.7 Å². The van der Waals surface area contributed by atoms with Gasteiger partial charge in [-0.3, -0.25) is 14.9 Å². The SMILES string of the molecule is CCNC(=O)c1ccc(NC(C)CCCO)c([N+](=O)[O-])c1. The monoisotopic (exact) mass is 295 g/mol. The molecule has 1 amide bonds. The van der Waals surface area contributed by atoms with E-state index >= 15 is 0 Å². The highest BCUT2D eigenvalue weighted by Gasteiger charge is 2.18. The van der Waals surface area contributed by atoms with Crippen LogP contribution in [0.15, 0.2) is 18.2 Å². The number of rotatable bonds is 8. The van der Waals surface area contributed by atoms with Gasteiger partial charge in [-0.15, -0.1) is 0 Å². The zero-order valence-electron chi connectivity index (χ0n) is 12.3. The van der Waals surface area contributed by atoms with Gasteiger partial charge in [0.25, 0.3) is 11.6 Å². The molecule has 0 radical (unpaired) electrons. The number of nitrogens with one attached hydrogen (secondary N) is 2. The second-order valence-electron chi connectivity index (χ2n) is 4.76. The van der Waals surface area contributed by atoms with Crippen LogP contribution in [0.4, 0.5) is 11.4 Å². The van der Waals surface area contributed by atoms with Crippen molar-refractivity contribution in [1.29, 1.82) is 0 Å². The predicted molar refractivity (Wildman–Crippen MR) is 80.5 cm³/mol. The van der Waals surface area contributed by atoms with Gasteiger partial charge in [0.15, 0.2) is 0 Å². The molecule has 1 atom stereocenters. The van der Waals surface area contributed by atoms with Gasteiger partial charge in [0.05, 0.1) is 4.92 Å². The van der Waals surface area contributed by atoms with Crippen LogP contribution in [0.25, 0.3) is 0 Å². The maximum Gasteiger partial charge on any atom is 0.293 e. The first kappa shape index (κ1) is 16.9. The molecule has 0 aliphatic carbocycles. The van der Waals surface area contributed by atoms with Gasteiger partial charge in [0, 0.05) is 30.8 Å². The van der Waals surface area contributed by atoms with E-state index < -0.39 is 4.92 Å². The first-order valence-corrected chi connectivity index (χ1v) is 6.93. The van der Waals surface area contributed by atoms with E-state index in [9.17, 15) is 14.9 Å². The van der Waals surface area contributed by atoms with E-state index in [1.165, 1.54) is 12.1 Å². The molecule has 0 aliphatic rings. The van der Waals surface area contributed by atoms with Crippen LogP contribution in [-0.4, -0.2) is 35.1 Å². The Bertz CT molecular complexity index is 505. The number of nitrogens with zero attached hydrogens (tertiary/aromatic N) is 1. The fourth-order valence-electron chi connectivity index (χ4n) is 1.94. The van der Waals surface area contributed by atoms with Crippen molar-refractivity contribution in [1.82, 2.24) is 5.32 Å². The quantitative estimate of drug-likeness (QED) is 0.502. The minimum Gasteiger partial charge on any atom is -0.396 e. The normalized spacial score (nSPS) is 11.8. The van der Waals surface area contributed by atoms with Gasteiger partial charge in [-0.1, -0.05) is 0 Å². The van der Waals surface area contributed by atoms with E-state index in [1.54, 1.807) is 13.0 Å². The molecule has 116 valence electrons. The molecule has 21 heavy (non-hydrogen) atoms. The molecule has 7 heteroatoms. The third kappa shape index (κ3) is 5.03. The summed E-state index contributed by atoms with van der Waals surface area (Å²) in [4.78, 5) is 22.3. The maximum atomic E-state index is 11.7. The zero-order chi connectivity index (χ0) is 15.8. The van der Waals surface area contributed by atoms with Crippen molar-refractivity contribution >= 4 is 17.3 Å². The maximum absolute atomic E-state index is 11.7. The number of nitro groups is 1. The zero-order valence-corrected chi connectivity index (χ0v) is 12.3. The highest BCUT2D eigenvalue weighted by molar-refractivity contribution is 5.95. The lowest BCUT2D eigenvalue weighted by Gasteiger charge is -2.15. The average molecular weight is 295 g/mol. The van der Waals surface area contributed by atoms with Crippen LogP contribution in [0.5, 0.6) is 0 Å². The number of aliphatic hydroxyl groups is 1. The molecule has 1 aromatic carbocycles. The summed E-state index contributed by atoms with van der Waals surface area (Å²) in [5, 5.41) is 25.6. The van der Waals surface area contributed by atoms with E-state index in [2.05, 4.69) is 10.6 Å². The Morgan fingerprint density at radius 1 is 1.48 bits per heavy atom. The van der Waals surface area contributed by atoms with Crippen LogP contribution in [0.3, 0.4) is 0 Å². The molecule has 1 aromatic rings. The van der Waals surface area contributed by atoms with E-state index in [1.807, 2.05) is 6.92 Å². The van der Waals surface area contributed by atoms with Gasteiger partial charge in [-0.05, 0) is 38.8 Å². The third-order valence-corrected chi connectivity index (χ3v) is 2.99. The van der Waals surface area contributed by atoms with Crippen LogP contribution in [0.1, 0.15) is 37.0 Å². The predicted octanol–water partition coefficient (Wildman–Crippen LogP) is 1.92. The van der Waals surface area contributed by atoms with Gasteiger partial charge in [0.2, 0.25) is 0 Å². The average Bonchev–Trinajstić information content (AvgIpc) is 2.45. The first-order valence-electron chi connectivity index (χ1n) is 6.93. The molecule has 0 heterocycles. The molecule has 0 fully saturated rings. The summed E-state index contributed by atoms with van der Waals surface area (Å²) in [6.07, 6.45) is 1.32. The summed E-state index contributed by atoms with van der Waals surface area (Å²) in [5.74, 6) is -0.333. The fourth-order valence-corrected chi connectivity index (χ4v) is 1.94. The molecule has 1 unspecified atom stereocenters. The van der Waals surface area contributed by atoms with Gasteiger partial charge in [0.1, 0.15) is 5.69 Å². The summed E-state index contributed by atoms with van der Waals surface area (Å²) >= 11 is 0. The molecule has 0 saturated carbocycles. The molecular weight excluding hydrogens is 274 g/mol. The number of nitro benzene ring substituents is 1. The molecule has 0 aliphatic heterocycles. The fraction of sp³-hybridized carbons (Fsp3) is 0.500. The number of carbonyl (C=O) groups excluding carboxylic acids is 1. The molecule has 3 N–H and O–H groups in total. The number of carbonyl (C=O) groups is 1. The lowest BCUT2D eigenvalue weighted by atomic mass is 10.1. The number of hydrogen-bond donors (Lipinski definition) is 3. The smallest absolute Gasteiger partial charge is 0.293 e. The van der Waals surface area contributed by atoms with E-state index in [0.29, 0.717) is 25.1 Å². The number of hydrogen-bond acceptors (Lipinski definition) is 5. The van der Waals surface area contributed by atoms with E-state index in [0.717, 1.165) is 0 Å². The number of aliphatic hydroxyl groups excluding tert-OH is 1. The Kier molecular flexibility index (Phi) is 6.61. The van der Waals surface area contributed by atoms with Crippen molar-refractivity contribution in [2.75, 3.05) is 18.5 Å². The lowest BCUT2D eigenvalue weighted by Crippen LogP contribution is -2.23. The van der Waals surface area contributed by atoms with E-state index in [-0.39, 0.29) is 29.8 Å². The Labute approximate surface area is 123 Å². The Hall–Kier alpha value is -2.15. The number of amides is 1. The molecule has 0 spiro atoms. The summed E-state index contributed by atoms with van der Waals surface area (Å²) in [7, 11) is 0. The van der Waals surface area contributed by atoms with Crippen LogP contribution in [-0.2, 0) is 0 Å². The highest BCUT2D eigenvalue weighted by Crippen LogP contribution is 2.26. The van der Waals surface area contributed by atoms with Crippen LogP contribution in [0.2, 0.25) is 0 Å². The van der Waals surface area contributed by atoms with Crippen molar-refractivity contribution in [2.45, 2.75) is 32.7 Å². The van der Waals surface area contributed by atoms with Crippen LogP contribution < -0.4 is 10.6 Å². The van der Waals surface area contributed by atoms with Crippen molar-refractivity contribution in [3.63, 3.8) is 0 Å².